The summed E-state index contributed by atoms with van der Waals surface area (Å²) in [6.07, 6.45) is 1.14. The summed E-state index contributed by atoms with van der Waals surface area (Å²) in [7, 11) is 0. The predicted molar refractivity (Wildman–Crippen MR) is 81.3 cm³/mol. The fourth-order valence-electron chi connectivity index (χ4n) is 1.40. The Bertz CT molecular complexity index is 324. The molecule has 0 bridgehead atoms. The Morgan fingerprint density at radius 3 is 2.18 bits per heavy atom. The summed E-state index contributed by atoms with van der Waals surface area (Å²) in [6.45, 7) is 7.38. The van der Waals surface area contributed by atoms with Gasteiger partial charge in [-0.25, -0.2) is 0 Å². The lowest BCUT2D eigenvalue weighted by atomic mass is 10.2. The quantitative estimate of drug-likeness (QED) is 0.297. The lowest BCUT2D eigenvalue weighted by Gasteiger charge is -2.18. The molecule has 2 unspecified atom stereocenters. The summed E-state index contributed by atoms with van der Waals surface area (Å²) in [5, 5.41) is 21.8. The summed E-state index contributed by atoms with van der Waals surface area (Å²) in [5.41, 5.74) is 0. The summed E-state index contributed by atoms with van der Waals surface area (Å²) in [6, 6.07) is 0. The molecular formula is C15H25NO6. The van der Waals surface area contributed by atoms with Crippen LogP contribution in [0.2, 0.25) is 0 Å². The van der Waals surface area contributed by atoms with Crippen LogP contribution in [0.25, 0.3) is 0 Å². The minimum absolute atomic E-state index is 0.0417. The highest BCUT2D eigenvalue weighted by Gasteiger charge is 2.16. The molecule has 0 aliphatic carbocycles. The van der Waals surface area contributed by atoms with Crippen LogP contribution in [0.5, 0.6) is 0 Å². The first-order valence-electron chi connectivity index (χ1n) is 7.08. The van der Waals surface area contributed by atoms with E-state index in [0.717, 1.165) is 6.08 Å². The van der Waals surface area contributed by atoms with E-state index in [-0.39, 0.29) is 31.5 Å². The lowest BCUT2D eigenvalue weighted by Crippen LogP contribution is -2.35. The van der Waals surface area contributed by atoms with Gasteiger partial charge in [-0.2, -0.15) is 0 Å². The van der Waals surface area contributed by atoms with Crippen LogP contribution in [0.1, 0.15) is 12.8 Å². The molecule has 0 saturated carbocycles. The van der Waals surface area contributed by atoms with Crippen molar-refractivity contribution in [2.45, 2.75) is 25.0 Å². The van der Waals surface area contributed by atoms with E-state index in [1.54, 1.807) is 0 Å². The number of ketones is 1. The number of nitrogens with one attached hydrogen (secondary N) is 1. The van der Waals surface area contributed by atoms with Crippen molar-refractivity contribution in [1.29, 1.82) is 0 Å². The number of carbonyl (C=O) groups is 2. The van der Waals surface area contributed by atoms with E-state index < -0.39 is 12.2 Å². The molecule has 126 valence electrons. The molecule has 0 aromatic rings. The first kappa shape index (κ1) is 20.5. The van der Waals surface area contributed by atoms with Crippen molar-refractivity contribution in [3.8, 4) is 0 Å². The van der Waals surface area contributed by atoms with E-state index in [1.165, 1.54) is 6.08 Å². The van der Waals surface area contributed by atoms with Gasteiger partial charge in [-0.3, -0.25) is 9.59 Å². The third kappa shape index (κ3) is 11.2. The Morgan fingerprint density at radius 2 is 1.64 bits per heavy atom. The maximum atomic E-state index is 10.9. The van der Waals surface area contributed by atoms with E-state index in [4.69, 9.17) is 9.47 Å². The molecule has 1 amide bonds. The molecule has 0 aliphatic heterocycles. The summed E-state index contributed by atoms with van der Waals surface area (Å²) >= 11 is 0. The van der Waals surface area contributed by atoms with Gasteiger partial charge in [0.2, 0.25) is 5.91 Å². The van der Waals surface area contributed by atoms with E-state index in [1.807, 2.05) is 0 Å². The minimum atomic E-state index is -1.08. The van der Waals surface area contributed by atoms with Crippen LogP contribution in [-0.4, -0.2) is 67.1 Å². The fourth-order valence-corrected chi connectivity index (χ4v) is 1.40. The number of aliphatic hydroxyl groups excluding tert-OH is 2. The molecule has 7 heteroatoms. The molecule has 0 aromatic heterocycles. The number of amides is 1. The molecule has 0 heterocycles. The molecule has 7 nitrogen and oxygen atoms in total. The Hall–Kier alpha value is -1.54. The van der Waals surface area contributed by atoms with Crippen molar-refractivity contribution in [3.05, 3.63) is 25.3 Å². The summed E-state index contributed by atoms with van der Waals surface area (Å²) < 4.78 is 10.3. The normalized spacial score (nSPS) is 13.2. The minimum Gasteiger partial charge on any atom is -0.388 e. The van der Waals surface area contributed by atoms with Crippen molar-refractivity contribution < 1.29 is 29.3 Å². The predicted octanol–water partition coefficient (Wildman–Crippen LogP) is -0.421. The fraction of sp³-hybridized carbons (Fsp3) is 0.600. The van der Waals surface area contributed by atoms with Crippen molar-refractivity contribution >= 4 is 11.7 Å². The number of hydrogen-bond acceptors (Lipinski definition) is 6. The molecule has 0 radical (unpaired) electrons. The maximum Gasteiger partial charge on any atom is 0.243 e. The average Bonchev–Trinajstić information content (AvgIpc) is 2.52. The van der Waals surface area contributed by atoms with Gasteiger partial charge in [0.25, 0.3) is 0 Å². The highest BCUT2D eigenvalue weighted by Crippen LogP contribution is 1.98. The zero-order valence-electron chi connectivity index (χ0n) is 12.7. The second-order valence-corrected chi connectivity index (χ2v) is 4.55. The molecule has 0 rings (SSSR count). The largest absolute Gasteiger partial charge is 0.388 e. The molecule has 0 fully saturated rings. The standard InChI is InChI=1S/C15H25NO6/c1-3-12(17)6-5-8-21-10-13(18)14(19)11-22-9-7-16-15(20)4-2/h3-4,13-14,18-19H,1-2,5-11H2,(H,16,20). The Morgan fingerprint density at radius 1 is 1.05 bits per heavy atom. The van der Waals surface area contributed by atoms with Gasteiger partial charge in [0, 0.05) is 19.6 Å². The molecular weight excluding hydrogens is 290 g/mol. The highest BCUT2D eigenvalue weighted by atomic mass is 16.5. The van der Waals surface area contributed by atoms with Crippen LogP contribution in [0.15, 0.2) is 25.3 Å². The van der Waals surface area contributed by atoms with E-state index in [0.29, 0.717) is 26.0 Å². The number of hydrogen-bond donors (Lipinski definition) is 3. The van der Waals surface area contributed by atoms with Gasteiger partial charge < -0.3 is 25.0 Å². The van der Waals surface area contributed by atoms with Gasteiger partial charge in [-0.1, -0.05) is 13.2 Å². The topological polar surface area (TPSA) is 105 Å². The van der Waals surface area contributed by atoms with Crippen molar-refractivity contribution in [2.75, 3.05) is 33.0 Å². The summed E-state index contributed by atoms with van der Waals surface area (Å²) in [4.78, 5) is 21.8. The van der Waals surface area contributed by atoms with Crippen LogP contribution < -0.4 is 5.32 Å². The second kappa shape index (κ2) is 13.1. The zero-order valence-corrected chi connectivity index (χ0v) is 12.7. The van der Waals surface area contributed by atoms with Gasteiger partial charge in [-0.15, -0.1) is 0 Å². The van der Waals surface area contributed by atoms with Crippen LogP contribution in [-0.2, 0) is 19.1 Å². The number of carbonyl (C=O) groups excluding carboxylic acids is 2. The van der Waals surface area contributed by atoms with Crippen LogP contribution in [0.4, 0.5) is 0 Å². The Balaban J connectivity index is 3.55. The van der Waals surface area contributed by atoms with Crippen molar-refractivity contribution in [1.82, 2.24) is 5.32 Å². The average molecular weight is 315 g/mol. The first-order valence-corrected chi connectivity index (χ1v) is 7.08. The third-order valence-corrected chi connectivity index (χ3v) is 2.69. The van der Waals surface area contributed by atoms with Crippen molar-refractivity contribution in [3.63, 3.8) is 0 Å². The smallest absolute Gasteiger partial charge is 0.243 e. The number of ether oxygens (including phenoxy) is 2. The Labute approximate surface area is 130 Å². The number of aliphatic hydroxyl groups is 2. The monoisotopic (exact) mass is 315 g/mol. The SMILES string of the molecule is C=CC(=O)CCCOCC(O)C(O)COCCNC(=O)C=C. The molecule has 0 spiro atoms. The number of allylic oxidation sites excluding steroid dienone is 1. The molecule has 0 aliphatic rings. The van der Waals surface area contributed by atoms with Crippen LogP contribution in [0.3, 0.4) is 0 Å². The van der Waals surface area contributed by atoms with Crippen LogP contribution in [0, 0.1) is 0 Å². The summed E-state index contributed by atoms with van der Waals surface area (Å²) in [5.74, 6) is -0.353. The van der Waals surface area contributed by atoms with Gasteiger partial charge >= 0.3 is 0 Å². The Kier molecular flexibility index (Phi) is 12.2. The van der Waals surface area contributed by atoms with Gasteiger partial charge in [0.1, 0.15) is 12.2 Å². The molecule has 2 atom stereocenters. The van der Waals surface area contributed by atoms with Gasteiger partial charge in [0.05, 0.1) is 19.8 Å². The highest BCUT2D eigenvalue weighted by molar-refractivity contribution is 5.88. The van der Waals surface area contributed by atoms with E-state index >= 15 is 0 Å². The van der Waals surface area contributed by atoms with Gasteiger partial charge in [0.15, 0.2) is 5.78 Å². The maximum absolute atomic E-state index is 10.9. The van der Waals surface area contributed by atoms with Crippen LogP contribution >= 0.6 is 0 Å². The van der Waals surface area contributed by atoms with E-state index in [9.17, 15) is 19.8 Å². The van der Waals surface area contributed by atoms with Gasteiger partial charge in [-0.05, 0) is 18.6 Å². The lowest BCUT2D eigenvalue weighted by molar-refractivity contribution is -0.117. The van der Waals surface area contributed by atoms with Crippen molar-refractivity contribution in [2.24, 2.45) is 0 Å². The van der Waals surface area contributed by atoms with E-state index in [2.05, 4.69) is 18.5 Å². The number of rotatable bonds is 14. The zero-order chi connectivity index (χ0) is 16.8. The first-order chi connectivity index (χ1) is 10.5. The molecule has 0 aromatic carbocycles. The molecule has 3 N–H and O–H groups in total. The molecule has 22 heavy (non-hydrogen) atoms. The third-order valence-electron chi connectivity index (χ3n) is 2.69. The second-order valence-electron chi connectivity index (χ2n) is 4.55. The molecule has 0 saturated heterocycles.